The van der Waals surface area contributed by atoms with Crippen molar-refractivity contribution in [1.82, 2.24) is 14.8 Å². The van der Waals surface area contributed by atoms with Crippen LogP contribution in [0.3, 0.4) is 0 Å². The van der Waals surface area contributed by atoms with Crippen LogP contribution in [0, 0.1) is 0 Å². The molecule has 14 heteroatoms. The Kier molecular flexibility index (Phi) is 7.06. The van der Waals surface area contributed by atoms with E-state index in [1.807, 2.05) is 0 Å². The maximum atomic E-state index is 14.0. The molecule has 1 aromatic heterocycles. The van der Waals surface area contributed by atoms with Crippen LogP contribution in [0.5, 0.6) is 11.5 Å². The third-order valence-electron chi connectivity index (χ3n) is 5.70. The highest BCUT2D eigenvalue weighted by Crippen LogP contribution is 2.54. The second-order valence-electron chi connectivity index (χ2n) is 7.85. The number of carbonyl (C=O) groups is 1. The van der Waals surface area contributed by atoms with Crippen molar-refractivity contribution >= 4 is 17.7 Å². The zero-order chi connectivity index (χ0) is 27.1. The van der Waals surface area contributed by atoms with E-state index in [0.29, 0.717) is 16.2 Å². The van der Waals surface area contributed by atoms with E-state index in [4.69, 9.17) is 14.2 Å². The van der Waals surface area contributed by atoms with Crippen LogP contribution >= 0.6 is 11.8 Å². The summed E-state index contributed by atoms with van der Waals surface area (Å²) in [4.78, 5) is 12.2. The predicted octanol–water partition coefficient (Wildman–Crippen LogP) is 5.76. The lowest BCUT2D eigenvalue weighted by atomic mass is 9.98. The first-order chi connectivity index (χ1) is 17.4. The van der Waals surface area contributed by atoms with Gasteiger partial charge in [-0.3, -0.25) is 9.36 Å². The molecule has 0 saturated carbocycles. The minimum atomic E-state index is -4.99. The van der Waals surface area contributed by atoms with Crippen molar-refractivity contribution in [2.45, 2.75) is 29.3 Å². The molecule has 0 spiro atoms. The standard InChI is InChI=1S/C23H19F6N3O4S/c1-34-15-6-4-5-12(18(15)36-3)19-13-9-11(22(24,25)26)7-8-14(13)32-20(16(37-19)10-17(33)35-2)30-31-21(32)23(27,28)29/h4-9,16,19H,10H2,1-3H3. The van der Waals surface area contributed by atoms with Crippen LogP contribution in [0.25, 0.3) is 5.69 Å². The summed E-state index contributed by atoms with van der Waals surface area (Å²) in [5.41, 5.74) is -1.05. The van der Waals surface area contributed by atoms with Gasteiger partial charge >= 0.3 is 18.3 Å². The molecule has 0 N–H and O–H groups in total. The number of hydrogen-bond donors (Lipinski definition) is 0. The highest BCUT2D eigenvalue weighted by Gasteiger charge is 2.44. The van der Waals surface area contributed by atoms with Crippen molar-refractivity contribution in [2.75, 3.05) is 21.3 Å². The van der Waals surface area contributed by atoms with Crippen LogP contribution in [0.15, 0.2) is 36.4 Å². The molecule has 198 valence electrons. The number of benzene rings is 2. The Morgan fingerprint density at radius 3 is 2.30 bits per heavy atom. The lowest BCUT2D eigenvalue weighted by molar-refractivity contribution is -0.146. The van der Waals surface area contributed by atoms with Gasteiger partial charge < -0.3 is 14.2 Å². The Hall–Kier alpha value is -3.42. The number of fused-ring (bicyclic) bond motifs is 3. The van der Waals surface area contributed by atoms with Gasteiger partial charge in [-0.1, -0.05) is 12.1 Å². The average Bonchev–Trinajstić information content (AvgIpc) is 3.26. The van der Waals surface area contributed by atoms with Crippen LogP contribution < -0.4 is 9.47 Å². The minimum absolute atomic E-state index is 0.106. The summed E-state index contributed by atoms with van der Waals surface area (Å²) in [6.07, 6.45) is -10.2. The van der Waals surface area contributed by atoms with E-state index in [1.165, 1.54) is 14.2 Å². The fourth-order valence-corrected chi connectivity index (χ4v) is 5.60. The molecule has 2 unspecified atom stereocenters. The molecule has 0 fully saturated rings. The monoisotopic (exact) mass is 547 g/mol. The second kappa shape index (κ2) is 9.80. The molecular weight excluding hydrogens is 528 g/mol. The van der Waals surface area contributed by atoms with Gasteiger partial charge in [0.15, 0.2) is 17.3 Å². The van der Waals surface area contributed by atoms with Gasteiger partial charge in [-0.15, -0.1) is 22.0 Å². The van der Waals surface area contributed by atoms with E-state index in [-0.39, 0.29) is 28.6 Å². The fraction of sp³-hybridized carbons (Fsp3) is 0.348. The van der Waals surface area contributed by atoms with Crippen LogP contribution in [0.2, 0.25) is 0 Å². The van der Waals surface area contributed by atoms with Crippen LogP contribution in [-0.2, 0) is 21.9 Å². The molecule has 1 aliphatic rings. The first-order valence-corrected chi connectivity index (χ1v) is 11.5. The van der Waals surface area contributed by atoms with Gasteiger partial charge in [0.1, 0.15) is 0 Å². The summed E-state index contributed by atoms with van der Waals surface area (Å²) in [6, 6.07) is 7.13. The summed E-state index contributed by atoms with van der Waals surface area (Å²) in [7, 11) is 3.81. The van der Waals surface area contributed by atoms with Gasteiger partial charge in [-0.2, -0.15) is 26.3 Å². The molecular formula is C23H19F6N3O4S. The van der Waals surface area contributed by atoms with E-state index in [9.17, 15) is 31.1 Å². The van der Waals surface area contributed by atoms with E-state index in [0.717, 1.165) is 31.0 Å². The molecule has 2 atom stereocenters. The Balaban J connectivity index is 2.07. The third kappa shape index (κ3) is 4.93. The number of para-hydroxylation sites is 1. The Labute approximate surface area is 210 Å². The third-order valence-corrected chi connectivity index (χ3v) is 7.19. The normalized spacial score (nSPS) is 17.4. The van der Waals surface area contributed by atoms with Gasteiger partial charge in [0.25, 0.3) is 0 Å². The number of carbonyl (C=O) groups excluding carboxylic acids is 1. The molecule has 3 aromatic rings. The summed E-state index contributed by atoms with van der Waals surface area (Å²) in [6.45, 7) is 0. The number of halogens is 6. The van der Waals surface area contributed by atoms with E-state index in [2.05, 4.69) is 10.2 Å². The Morgan fingerprint density at radius 1 is 0.973 bits per heavy atom. The Morgan fingerprint density at radius 2 is 1.70 bits per heavy atom. The zero-order valence-corrected chi connectivity index (χ0v) is 20.3. The average molecular weight is 547 g/mol. The van der Waals surface area contributed by atoms with Crippen molar-refractivity contribution in [1.29, 1.82) is 0 Å². The summed E-state index contributed by atoms with van der Waals surface area (Å²) < 4.78 is 99.2. The van der Waals surface area contributed by atoms with Crippen LogP contribution in [0.1, 0.15) is 45.3 Å². The molecule has 0 amide bonds. The fourth-order valence-electron chi connectivity index (χ4n) is 4.10. The Bertz CT molecular complexity index is 1320. The molecule has 0 aliphatic carbocycles. The highest BCUT2D eigenvalue weighted by molar-refractivity contribution is 8.00. The topological polar surface area (TPSA) is 75.5 Å². The van der Waals surface area contributed by atoms with Crippen molar-refractivity contribution in [3.05, 3.63) is 64.7 Å². The lowest BCUT2D eigenvalue weighted by Crippen LogP contribution is -2.17. The second-order valence-corrected chi connectivity index (χ2v) is 9.17. The highest BCUT2D eigenvalue weighted by atomic mass is 32.2. The van der Waals surface area contributed by atoms with Crippen molar-refractivity contribution < 1.29 is 45.3 Å². The summed E-state index contributed by atoms with van der Waals surface area (Å²) in [5, 5.41) is 4.89. The number of rotatable bonds is 5. The van der Waals surface area contributed by atoms with Gasteiger partial charge in [-0.25, -0.2) is 0 Å². The number of ether oxygens (including phenoxy) is 3. The first kappa shape index (κ1) is 26.6. The first-order valence-electron chi connectivity index (χ1n) is 10.6. The maximum absolute atomic E-state index is 14.0. The minimum Gasteiger partial charge on any atom is -0.493 e. The maximum Gasteiger partial charge on any atom is 0.452 e. The quantitative estimate of drug-likeness (QED) is 0.297. The number of alkyl halides is 6. The number of aromatic nitrogens is 3. The molecule has 0 bridgehead atoms. The SMILES string of the molecule is COC(=O)CC1SC(c2cccc(OC)c2OC)c2cc(C(F)(F)F)ccc2-n2c1nnc2C(F)(F)F. The summed E-state index contributed by atoms with van der Waals surface area (Å²) in [5.74, 6) is -2.00. The van der Waals surface area contributed by atoms with Gasteiger partial charge in [0.05, 0.1) is 49.5 Å². The van der Waals surface area contributed by atoms with Gasteiger partial charge in [-0.05, 0) is 29.8 Å². The van der Waals surface area contributed by atoms with Gasteiger partial charge in [0, 0.05) is 5.56 Å². The van der Waals surface area contributed by atoms with E-state index >= 15 is 0 Å². The van der Waals surface area contributed by atoms with E-state index in [1.54, 1.807) is 18.2 Å². The molecule has 1 aliphatic heterocycles. The zero-order valence-electron chi connectivity index (χ0n) is 19.5. The van der Waals surface area contributed by atoms with Crippen LogP contribution in [-0.4, -0.2) is 42.1 Å². The smallest absolute Gasteiger partial charge is 0.452 e. The number of methoxy groups -OCH3 is 3. The number of esters is 1. The molecule has 0 saturated heterocycles. The van der Waals surface area contributed by atoms with Crippen LogP contribution in [0.4, 0.5) is 26.3 Å². The van der Waals surface area contributed by atoms with Crippen molar-refractivity contribution in [3.63, 3.8) is 0 Å². The molecule has 2 aromatic carbocycles. The molecule has 0 radical (unpaired) electrons. The lowest BCUT2D eigenvalue weighted by Gasteiger charge is -2.24. The molecule has 37 heavy (non-hydrogen) atoms. The van der Waals surface area contributed by atoms with E-state index < -0.39 is 46.6 Å². The largest absolute Gasteiger partial charge is 0.493 e. The molecule has 4 rings (SSSR count). The van der Waals surface area contributed by atoms with Crippen molar-refractivity contribution in [3.8, 4) is 17.2 Å². The number of thioether (sulfide) groups is 1. The molecule has 2 heterocycles. The number of hydrogen-bond acceptors (Lipinski definition) is 7. The van der Waals surface area contributed by atoms with Gasteiger partial charge in [0.2, 0.25) is 5.82 Å². The number of nitrogens with zero attached hydrogens (tertiary/aromatic N) is 3. The summed E-state index contributed by atoms with van der Waals surface area (Å²) >= 11 is 0.932. The predicted molar refractivity (Wildman–Crippen MR) is 120 cm³/mol. The van der Waals surface area contributed by atoms with Crippen molar-refractivity contribution in [2.24, 2.45) is 0 Å². The molecule has 7 nitrogen and oxygen atoms in total.